The van der Waals surface area contributed by atoms with Gasteiger partial charge in [-0.15, -0.1) is 5.10 Å². The van der Waals surface area contributed by atoms with E-state index in [9.17, 15) is 18.0 Å². The van der Waals surface area contributed by atoms with Gasteiger partial charge in [0.05, 0.1) is 37.3 Å². The Morgan fingerprint density at radius 2 is 1.92 bits per heavy atom. The second-order valence-electron chi connectivity index (χ2n) is 11.9. The van der Waals surface area contributed by atoms with E-state index in [0.717, 1.165) is 55.0 Å². The molecule has 0 saturated carbocycles. The number of carbonyl (C=O) groups excluding carboxylic acids is 1. The standard InChI is InChI=1S/C32H38F3N9O4/c1-22(38-48-16-13-41-11-14-47-15-12-41)20-42-9-10-43(25(21-42)17-23-19-36-28-6-4-3-5-26(23)28)30(45)27-18-24(7-8-29(27)46-2)44-31(32(33,34)35)37-39-40-44/h3-8,18-19,25,36H,9-17,20-21H2,1-2H3/t25-/m1/s1. The normalized spacial score (nSPS) is 18.4. The molecule has 2 aliphatic rings. The first-order valence-electron chi connectivity index (χ1n) is 15.8. The molecular weight excluding hydrogens is 631 g/mol. The van der Waals surface area contributed by atoms with Gasteiger partial charge in [-0.25, -0.2) is 0 Å². The summed E-state index contributed by atoms with van der Waals surface area (Å²) < 4.78 is 52.3. The molecule has 6 rings (SSSR count). The number of oxime groups is 1. The number of fused-ring (bicyclic) bond motifs is 1. The number of H-pyrrole nitrogens is 1. The van der Waals surface area contributed by atoms with Gasteiger partial charge in [0.25, 0.3) is 11.7 Å². The molecule has 2 aromatic heterocycles. The number of benzene rings is 2. The fourth-order valence-corrected chi connectivity index (χ4v) is 6.25. The van der Waals surface area contributed by atoms with Crippen molar-refractivity contribution in [3.8, 4) is 11.4 Å². The second kappa shape index (κ2) is 14.7. The van der Waals surface area contributed by atoms with Gasteiger partial charge in [0, 0.05) is 69.0 Å². The van der Waals surface area contributed by atoms with E-state index in [-0.39, 0.29) is 28.9 Å². The summed E-state index contributed by atoms with van der Waals surface area (Å²) in [5, 5.41) is 15.3. The number of piperazine rings is 1. The summed E-state index contributed by atoms with van der Waals surface area (Å²) in [5.41, 5.74) is 2.97. The van der Waals surface area contributed by atoms with Gasteiger partial charge in [0.15, 0.2) is 0 Å². The molecule has 1 amide bonds. The van der Waals surface area contributed by atoms with E-state index in [2.05, 4.69) is 35.5 Å². The van der Waals surface area contributed by atoms with E-state index in [1.165, 1.54) is 25.3 Å². The van der Waals surface area contributed by atoms with Crippen LogP contribution in [0.15, 0.2) is 53.8 Å². The van der Waals surface area contributed by atoms with Crippen LogP contribution < -0.4 is 4.74 Å². The van der Waals surface area contributed by atoms with Crippen LogP contribution in [-0.4, -0.2) is 130 Å². The zero-order chi connectivity index (χ0) is 33.7. The summed E-state index contributed by atoms with van der Waals surface area (Å²) in [6, 6.07) is 11.9. The van der Waals surface area contributed by atoms with Crippen molar-refractivity contribution in [3.05, 3.63) is 65.6 Å². The molecule has 2 aromatic carbocycles. The molecule has 2 fully saturated rings. The number of rotatable bonds is 11. The number of aromatic nitrogens is 5. The first kappa shape index (κ1) is 33.4. The predicted octanol–water partition coefficient (Wildman–Crippen LogP) is 3.26. The van der Waals surface area contributed by atoms with Gasteiger partial charge in [-0.05, 0) is 53.6 Å². The van der Waals surface area contributed by atoms with Crippen LogP contribution in [0.2, 0.25) is 0 Å². The zero-order valence-electron chi connectivity index (χ0n) is 26.8. The minimum Gasteiger partial charge on any atom is -0.496 e. The Morgan fingerprint density at radius 3 is 2.71 bits per heavy atom. The summed E-state index contributed by atoms with van der Waals surface area (Å²) in [5.74, 6) is -1.42. The minimum absolute atomic E-state index is 0.0104. The molecular formula is C32H38F3N9O4. The molecule has 0 bridgehead atoms. The number of hydrogen-bond donors (Lipinski definition) is 1. The van der Waals surface area contributed by atoms with Gasteiger partial charge in [-0.1, -0.05) is 23.4 Å². The van der Waals surface area contributed by atoms with E-state index < -0.39 is 12.0 Å². The molecule has 0 aliphatic carbocycles. The monoisotopic (exact) mass is 669 g/mol. The first-order valence-corrected chi connectivity index (χ1v) is 15.8. The van der Waals surface area contributed by atoms with E-state index in [0.29, 0.717) is 43.9 Å². The van der Waals surface area contributed by atoms with Gasteiger partial charge in [-0.3, -0.25) is 14.6 Å². The molecule has 0 radical (unpaired) electrons. The highest BCUT2D eigenvalue weighted by Gasteiger charge is 2.39. The van der Waals surface area contributed by atoms with Gasteiger partial charge >= 0.3 is 6.18 Å². The SMILES string of the molecule is COc1ccc(-n2nnnc2C(F)(F)F)cc1C(=O)N1CCN(CC(C)=NOCCN2CCOCC2)C[C@H]1Cc1c[nH]c2ccccc12. The van der Waals surface area contributed by atoms with Crippen molar-refractivity contribution in [2.45, 2.75) is 25.6 Å². The molecule has 2 saturated heterocycles. The summed E-state index contributed by atoms with van der Waals surface area (Å²) in [6.07, 6.45) is -2.28. The number of nitrogens with zero attached hydrogens (tertiary/aromatic N) is 8. The van der Waals surface area contributed by atoms with Crippen LogP contribution in [0, 0.1) is 0 Å². The summed E-state index contributed by atoms with van der Waals surface area (Å²) in [7, 11) is 1.41. The molecule has 256 valence electrons. The quantitative estimate of drug-likeness (QED) is 0.146. The van der Waals surface area contributed by atoms with Crippen molar-refractivity contribution in [2.75, 3.05) is 72.7 Å². The largest absolute Gasteiger partial charge is 0.496 e. The third-order valence-electron chi connectivity index (χ3n) is 8.61. The molecule has 0 unspecified atom stereocenters. The van der Waals surface area contributed by atoms with Gasteiger partial charge in [0.1, 0.15) is 12.4 Å². The van der Waals surface area contributed by atoms with E-state index in [1.807, 2.05) is 37.4 Å². The lowest BCUT2D eigenvalue weighted by atomic mass is 9.99. The number of hydrogen-bond acceptors (Lipinski definition) is 10. The van der Waals surface area contributed by atoms with Crippen LogP contribution in [0.25, 0.3) is 16.6 Å². The van der Waals surface area contributed by atoms with Crippen molar-refractivity contribution in [1.82, 2.24) is 39.9 Å². The fraction of sp³-hybridized carbons (Fsp3) is 0.469. The number of amides is 1. The number of aromatic amines is 1. The Labute approximate surface area is 275 Å². The number of morpholine rings is 1. The van der Waals surface area contributed by atoms with Crippen LogP contribution in [0.1, 0.15) is 28.7 Å². The number of carbonyl (C=O) groups is 1. The topological polar surface area (TPSA) is 126 Å². The molecule has 0 spiro atoms. The van der Waals surface area contributed by atoms with Crippen LogP contribution >= 0.6 is 0 Å². The molecule has 4 heterocycles. The number of halogens is 3. The highest BCUT2D eigenvalue weighted by atomic mass is 19.4. The fourth-order valence-electron chi connectivity index (χ4n) is 6.25. The second-order valence-corrected chi connectivity index (χ2v) is 11.9. The highest BCUT2D eigenvalue weighted by molar-refractivity contribution is 5.98. The van der Waals surface area contributed by atoms with Gasteiger partial charge < -0.3 is 24.2 Å². The highest BCUT2D eigenvalue weighted by Crippen LogP contribution is 2.31. The Bertz CT molecular complexity index is 1730. The molecule has 13 nitrogen and oxygen atoms in total. The number of tetrazole rings is 1. The third kappa shape index (κ3) is 7.61. The molecule has 2 aliphatic heterocycles. The van der Waals surface area contributed by atoms with Gasteiger partial charge in [-0.2, -0.15) is 17.9 Å². The van der Waals surface area contributed by atoms with Crippen LogP contribution in [0.4, 0.5) is 13.2 Å². The van der Waals surface area contributed by atoms with Crippen molar-refractivity contribution in [1.29, 1.82) is 0 Å². The average molecular weight is 670 g/mol. The summed E-state index contributed by atoms with van der Waals surface area (Å²) in [4.78, 5) is 29.5. The maximum Gasteiger partial charge on any atom is 0.453 e. The Kier molecular flexibility index (Phi) is 10.2. The molecule has 48 heavy (non-hydrogen) atoms. The van der Waals surface area contributed by atoms with Crippen LogP contribution in [0.5, 0.6) is 5.75 Å². The van der Waals surface area contributed by atoms with E-state index in [1.54, 1.807) is 4.90 Å². The van der Waals surface area contributed by atoms with Crippen molar-refractivity contribution in [2.24, 2.45) is 5.16 Å². The number of ether oxygens (including phenoxy) is 2. The van der Waals surface area contributed by atoms with E-state index >= 15 is 0 Å². The Balaban J connectivity index is 1.22. The molecule has 1 atom stereocenters. The Morgan fingerprint density at radius 1 is 1.10 bits per heavy atom. The number of para-hydroxylation sites is 1. The minimum atomic E-state index is -4.79. The van der Waals surface area contributed by atoms with Crippen molar-refractivity contribution >= 4 is 22.5 Å². The maximum atomic E-state index is 14.3. The van der Waals surface area contributed by atoms with Gasteiger partial charge in [0.2, 0.25) is 0 Å². The smallest absolute Gasteiger partial charge is 0.453 e. The summed E-state index contributed by atoms with van der Waals surface area (Å²) in [6.45, 7) is 8.45. The van der Waals surface area contributed by atoms with E-state index in [4.69, 9.17) is 14.3 Å². The molecule has 4 aromatic rings. The predicted molar refractivity (Wildman–Crippen MR) is 170 cm³/mol. The number of methoxy groups -OCH3 is 1. The maximum absolute atomic E-state index is 14.3. The average Bonchev–Trinajstić information content (AvgIpc) is 3.75. The molecule has 1 N–H and O–H groups in total. The lowest BCUT2D eigenvalue weighted by Crippen LogP contribution is -2.56. The zero-order valence-corrected chi connectivity index (χ0v) is 26.8. The first-order chi connectivity index (χ1) is 23.2. The van der Waals surface area contributed by atoms with Crippen molar-refractivity contribution in [3.63, 3.8) is 0 Å². The summed E-state index contributed by atoms with van der Waals surface area (Å²) >= 11 is 0. The molecule has 16 heteroatoms. The number of alkyl halides is 3. The lowest BCUT2D eigenvalue weighted by molar-refractivity contribution is -0.146. The number of nitrogens with one attached hydrogen (secondary N) is 1. The van der Waals surface area contributed by atoms with Crippen LogP contribution in [0.3, 0.4) is 0 Å². The van der Waals surface area contributed by atoms with Crippen molar-refractivity contribution < 1.29 is 32.3 Å². The lowest BCUT2D eigenvalue weighted by Gasteiger charge is -2.41. The third-order valence-corrected chi connectivity index (χ3v) is 8.61. The van der Waals surface area contributed by atoms with Crippen LogP contribution in [-0.2, 0) is 22.2 Å². The Hall–Kier alpha value is -4.54.